The number of ether oxygens (including phenoxy) is 3. The fraction of sp³-hybridized carbons (Fsp3) is 0.458. The first-order valence-corrected chi connectivity index (χ1v) is 12.9. The fourth-order valence-electron chi connectivity index (χ4n) is 4.20. The summed E-state index contributed by atoms with van der Waals surface area (Å²) in [4.78, 5) is 16.6. The minimum absolute atomic E-state index is 0.104. The number of hydrogen-bond donors (Lipinski definition) is 0. The molecule has 0 aliphatic carbocycles. The maximum absolute atomic E-state index is 13.2. The first-order valence-electron chi connectivity index (χ1n) is 11.4. The standard InChI is InChI=1S/C24H31N3O6S/c1-19(24(28)26-15-17-32-18-16-26)33-20-7-9-21(10-8-20)34(29,30)27-13-11-25(12-14-27)22-5-3-4-6-23(22)31-2/h3-10,19H,11-18H2,1-2H3/t19-/m1/s1. The second kappa shape index (κ2) is 10.6. The quantitative estimate of drug-likeness (QED) is 0.586. The van der Waals surface area contributed by atoms with Crippen molar-refractivity contribution in [3.05, 3.63) is 48.5 Å². The van der Waals surface area contributed by atoms with Crippen molar-refractivity contribution in [1.82, 2.24) is 9.21 Å². The van der Waals surface area contributed by atoms with Crippen molar-refractivity contribution in [2.45, 2.75) is 17.9 Å². The van der Waals surface area contributed by atoms with E-state index in [1.165, 1.54) is 16.4 Å². The first kappa shape index (κ1) is 24.3. The topological polar surface area (TPSA) is 88.6 Å². The molecule has 1 atom stereocenters. The van der Waals surface area contributed by atoms with Crippen molar-refractivity contribution in [1.29, 1.82) is 0 Å². The third kappa shape index (κ3) is 5.29. The molecule has 0 bridgehead atoms. The van der Waals surface area contributed by atoms with Crippen LogP contribution in [0, 0.1) is 0 Å². The lowest BCUT2D eigenvalue weighted by Crippen LogP contribution is -2.48. The predicted molar refractivity (Wildman–Crippen MR) is 128 cm³/mol. The van der Waals surface area contributed by atoms with E-state index in [1.807, 2.05) is 24.3 Å². The largest absolute Gasteiger partial charge is 0.495 e. The number of carbonyl (C=O) groups is 1. The van der Waals surface area contributed by atoms with Crippen molar-refractivity contribution in [2.75, 3.05) is 64.5 Å². The summed E-state index contributed by atoms with van der Waals surface area (Å²) in [6, 6.07) is 14.0. The summed E-state index contributed by atoms with van der Waals surface area (Å²) < 4.78 is 44.3. The molecule has 2 aromatic carbocycles. The molecule has 10 heteroatoms. The van der Waals surface area contributed by atoms with Crippen LogP contribution in [0.5, 0.6) is 11.5 Å². The lowest BCUT2D eigenvalue weighted by Gasteiger charge is -2.35. The Kier molecular flexibility index (Phi) is 7.60. The second-order valence-corrected chi connectivity index (χ2v) is 10.2. The highest BCUT2D eigenvalue weighted by Gasteiger charge is 2.30. The SMILES string of the molecule is COc1ccccc1N1CCN(S(=O)(=O)c2ccc(O[C@H](C)C(=O)N3CCOCC3)cc2)CC1. The van der Waals surface area contributed by atoms with E-state index < -0.39 is 16.1 Å². The zero-order valence-electron chi connectivity index (χ0n) is 19.6. The van der Waals surface area contributed by atoms with Gasteiger partial charge in [-0.2, -0.15) is 4.31 Å². The van der Waals surface area contributed by atoms with E-state index in [9.17, 15) is 13.2 Å². The number of rotatable bonds is 7. The van der Waals surface area contributed by atoms with Crippen molar-refractivity contribution in [3.8, 4) is 11.5 Å². The van der Waals surface area contributed by atoms with Crippen LogP contribution >= 0.6 is 0 Å². The van der Waals surface area contributed by atoms with Crippen LogP contribution in [0.1, 0.15) is 6.92 Å². The molecule has 2 aliphatic rings. The number of nitrogens with zero attached hydrogens (tertiary/aromatic N) is 3. The smallest absolute Gasteiger partial charge is 0.263 e. The van der Waals surface area contributed by atoms with Gasteiger partial charge in [-0.1, -0.05) is 12.1 Å². The van der Waals surface area contributed by atoms with Gasteiger partial charge >= 0.3 is 0 Å². The van der Waals surface area contributed by atoms with E-state index in [0.717, 1.165) is 11.4 Å². The average molecular weight is 490 g/mol. The molecule has 0 aromatic heterocycles. The minimum atomic E-state index is -3.63. The summed E-state index contributed by atoms with van der Waals surface area (Å²) >= 11 is 0. The van der Waals surface area contributed by atoms with E-state index in [-0.39, 0.29) is 10.8 Å². The van der Waals surface area contributed by atoms with Crippen LogP contribution in [-0.4, -0.2) is 89.2 Å². The summed E-state index contributed by atoms with van der Waals surface area (Å²) in [6.45, 7) is 5.75. The Balaban J connectivity index is 1.36. The molecule has 1 amide bonds. The molecule has 34 heavy (non-hydrogen) atoms. The van der Waals surface area contributed by atoms with Gasteiger partial charge < -0.3 is 24.0 Å². The molecule has 2 heterocycles. The fourth-order valence-corrected chi connectivity index (χ4v) is 5.62. The molecule has 4 rings (SSSR count). The van der Waals surface area contributed by atoms with Crippen molar-refractivity contribution >= 4 is 21.6 Å². The average Bonchev–Trinajstić information content (AvgIpc) is 2.89. The Bertz CT molecular complexity index is 1080. The number of para-hydroxylation sites is 2. The lowest BCUT2D eigenvalue weighted by atomic mass is 10.2. The molecule has 2 fully saturated rings. The van der Waals surface area contributed by atoms with E-state index in [1.54, 1.807) is 31.1 Å². The molecule has 2 aromatic rings. The van der Waals surface area contributed by atoms with Gasteiger partial charge in [0.25, 0.3) is 5.91 Å². The summed E-state index contributed by atoms with van der Waals surface area (Å²) in [5.74, 6) is 1.12. The number of morpholine rings is 1. The number of methoxy groups -OCH3 is 1. The van der Waals surface area contributed by atoms with E-state index in [4.69, 9.17) is 14.2 Å². The summed E-state index contributed by atoms with van der Waals surface area (Å²) in [7, 11) is -2.00. The number of carbonyl (C=O) groups excluding carboxylic acids is 1. The maximum Gasteiger partial charge on any atom is 0.263 e. The van der Waals surface area contributed by atoms with Crippen LogP contribution in [0.4, 0.5) is 5.69 Å². The van der Waals surface area contributed by atoms with Crippen LogP contribution < -0.4 is 14.4 Å². The van der Waals surface area contributed by atoms with Gasteiger partial charge in [-0.25, -0.2) is 8.42 Å². The van der Waals surface area contributed by atoms with Gasteiger partial charge in [-0.05, 0) is 43.3 Å². The molecule has 0 N–H and O–H groups in total. The van der Waals surface area contributed by atoms with Gasteiger partial charge in [0.1, 0.15) is 11.5 Å². The first-order chi connectivity index (χ1) is 16.4. The molecular formula is C24H31N3O6S. The molecule has 0 saturated carbocycles. The van der Waals surface area contributed by atoms with Crippen molar-refractivity contribution in [3.63, 3.8) is 0 Å². The van der Waals surface area contributed by atoms with Gasteiger partial charge in [0, 0.05) is 39.3 Å². The number of hydrogen-bond acceptors (Lipinski definition) is 7. The van der Waals surface area contributed by atoms with E-state index >= 15 is 0 Å². The Hall–Kier alpha value is -2.82. The Morgan fingerprint density at radius 1 is 0.941 bits per heavy atom. The number of benzene rings is 2. The highest BCUT2D eigenvalue weighted by molar-refractivity contribution is 7.89. The Morgan fingerprint density at radius 2 is 1.59 bits per heavy atom. The Labute approximate surface area is 200 Å². The van der Waals surface area contributed by atoms with Crippen molar-refractivity contribution in [2.24, 2.45) is 0 Å². The number of amides is 1. The molecule has 9 nitrogen and oxygen atoms in total. The number of anilines is 1. The van der Waals surface area contributed by atoms with Gasteiger partial charge in [-0.15, -0.1) is 0 Å². The monoisotopic (exact) mass is 489 g/mol. The predicted octanol–water partition coefficient (Wildman–Crippen LogP) is 1.83. The summed E-state index contributed by atoms with van der Waals surface area (Å²) in [5, 5.41) is 0. The van der Waals surface area contributed by atoms with Crippen LogP contribution in [0.2, 0.25) is 0 Å². The number of piperazine rings is 1. The van der Waals surface area contributed by atoms with E-state index in [0.29, 0.717) is 58.2 Å². The van der Waals surface area contributed by atoms with Gasteiger partial charge in [0.05, 0.1) is 30.9 Å². The molecule has 2 saturated heterocycles. The third-order valence-corrected chi connectivity index (χ3v) is 8.02. The normalized spacial score (nSPS) is 18.4. The Morgan fingerprint density at radius 3 is 2.24 bits per heavy atom. The highest BCUT2D eigenvalue weighted by atomic mass is 32.2. The van der Waals surface area contributed by atoms with Crippen LogP contribution in [0.3, 0.4) is 0 Å². The molecular weight excluding hydrogens is 458 g/mol. The van der Waals surface area contributed by atoms with Gasteiger partial charge in [0.15, 0.2) is 6.10 Å². The maximum atomic E-state index is 13.2. The van der Waals surface area contributed by atoms with Crippen LogP contribution in [0.25, 0.3) is 0 Å². The lowest BCUT2D eigenvalue weighted by molar-refractivity contribution is -0.142. The van der Waals surface area contributed by atoms with Gasteiger partial charge in [0.2, 0.25) is 10.0 Å². The van der Waals surface area contributed by atoms with Gasteiger partial charge in [-0.3, -0.25) is 4.79 Å². The number of sulfonamides is 1. The zero-order valence-corrected chi connectivity index (χ0v) is 20.4. The second-order valence-electron chi connectivity index (χ2n) is 8.23. The van der Waals surface area contributed by atoms with Crippen LogP contribution in [-0.2, 0) is 19.6 Å². The molecule has 184 valence electrons. The van der Waals surface area contributed by atoms with Crippen LogP contribution in [0.15, 0.2) is 53.4 Å². The van der Waals surface area contributed by atoms with E-state index in [2.05, 4.69) is 4.90 Å². The molecule has 0 spiro atoms. The summed E-state index contributed by atoms with van der Waals surface area (Å²) in [6.07, 6.45) is -0.663. The zero-order chi connectivity index (χ0) is 24.1. The summed E-state index contributed by atoms with van der Waals surface area (Å²) in [5.41, 5.74) is 0.962. The molecule has 2 aliphatic heterocycles. The third-order valence-electron chi connectivity index (χ3n) is 6.11. The highest BCUT2D eigenvalue weighted by Crippen LogP contribution is 2.29. The molecule has 0 unspecified atom stereocenters. The minimum Gasteiger partial charge on any atom is -0.495 e. The van der Waals surface area contributed by atoms with Crippen molar-refractivity contribution < 1.29 is 27.4 Å². The molecule has 0 radical (unpaired) electrons.